The van der Waals surface area contributed by atoms with Gasteiger partial charge in [-0.2, -0.15) is 0 Å². The van der Waals surface area contributed by atoms with Crippen LogP contribution in [0.25, 0.3) is 0 Å². The molecule has 1 aromatic heterocycles. The van der Waals surface area contributed by atoms with E-state index >= 15 is 0 Å². The van der Waals surface area contributed by atoms with Crippen LogP contribution in [0.15, 0.2) is 18.3 Å². The molecule has 2 aliphatic heterocycles. The van der Waals surface area contributed by atoms with Gasteiger partial charge in [0.25, 0.3) is 0 Å². The van der Waals surface area contributed by atoms with Gasteiger partial charge in [0.05, 0.1) is 11.9 Å². The summed E-state index contributed by atoms with van der Waals surface area (Å²) >= 11 is 0. The first-order chi connectivity index (χ1) is 7.81. The molecule has 2 aliphatic rings. The molecule has 2 atom stereocenters. The van der Waals surface area contributed by atoms with Crippen molar-refractivity contribution in [3.05, 3.63) is 24.0 Å². The van der Waals surface area contributed by atoms with E-state index in [4.69, 9.17) is 0 Å². The number of anilines is 1. The molecule has 0 spiro atoms. The maximum absolute atomic E-state index is 4.39. The van der Waals surface area contributed by atoms with Crippen molar-refractivity contribution in [2.75, 3.05) is 31.1 Å². The smallest absolute Gasteiger partial charge is 0.0553 e. The molecular formula is C13H19N3. The third-order valence-electron chi connectivity index (χ3n) is 3.75. The zero-order chi connectivity index (χ0) is 11.0. The zero-order valence-corrected chi connectivity index (χ0v) is 9.82. The molecule has 2 bridgehead atoms. The van der Waals surface area contributed by atoms with Crippen LogP contribution in [0.3, 0.4) is 0 Å². The van der Waals surface area contributed by atoms with Gasteiger partial charge in [-0.25, -0.2) is 0 Å². The van der Waals surface area contributed by atoms with E-state index in [0.29, 0.717) is 0 Å². The molecule has 0 radical (unpaired) electrons. The summed E-state index contributed by atoms with van der Waals surface area (Å²) in [5, 5.41) is 3.53. The highest BCUT2D eigenvalue weighted by Gasteiger charge is 2.30. The molecular weight excluding hydrogens is 198 g/mol. The van der Waals surface area contributed by atoms with Gasteiger partial charge in [0.1, 0.15) is 0 Å². The van der Waals surface area contributed by atoms with Crippen LogP contribution in [-0.2, 0) is 0 Å². The number of nitrogens with one attached hydrogen (secondary N) is 1. The first-order valence-corrected chi connectivity index (χ1v) is 6.19. The van der Waals surface area contributed by atoms with E-state index in [1.165, 1.54) is 38.3 Å². The quantitative estimate of drug-likeness (QED) is 0.771. The Balaban J connectivity index is 1.77. The van der Waals surface area contributed by atoms with Crippen molar-refractivity contribution in [1.82, 2.24) is 10.3 Å². The minimum absolute atomic E-state index is 0.828. The van der Waals surface area contributed by atoms with E-state index in [0.717, 1.165) is 17.5 Å². The van der Waals surface area contributed by atoms with E-state index in [1.54, 1.807) is 0 Å². The summed E-state index contributed by atoms with van der Waals surface area (Å²) in [7, 11) is 0. The molecule has 3 heterocycles. The molecule has 3 nitrogen and oxygen atoms in total. The SMILES string of the molecule is Cc1ccc(N2CC3CNCC(C3)C2)cn1. The van der Waals surface area contributed by atoms with Gasteiger partial charge in [-0.05, 0) is 50.4 Å². The summed E-state index contributed by atoms with van der Waals surface area (Å²) in [5.74, 6) is 1.66. The third kappa shape index (κ3) is 1.92. The molecule has 0 saturated carbocycles. The van der Waals surface area contributed by atoms with Crippen molar-refractivity contribution in [2.45, 2.75) is 13.3 Å². The van der Waals surface area contributed by atoms with Gasteiger partial charge in [0.2, 0.25) is 0 Å². The highest BCUT2D eigenvalue weighted by atomic mass is 15.2. The number of hydrogen-bond donors (Lipinski definition) is 1. The number of aromatic nitrogens is 1. The van der Waals surface area contributed by atoms with E-state index in [2.05, 4.69) is 27.3 Å². The summed E-state index contributed by atoms with van der Waals surface area (Å²) < 4.78 is 0. The highest BCUT2D eigenvalue weighted by molar-refractivity contribution is 5.45. The van der Waals surface area contributed by atoms with E-state index in [9.17, 15) is 0 Å². The predicted molar refractivity (Wildman–Crippen MR) is 65.7 cm³/mol. The second kappa shape index (κ2) is 4.06. The highest BCUT2D eigenvalue weighted by Crippen LogP contribution is 2.28. The van der Waals surface area contributed by atoms with Crippen LogP contribution in [-0.4, -0.2) is 31.2 Å². The first kappa shape index (κ1) is 10.1. The Morgan fingerprint density at radius 1 is 1.25 bits per heavy atom. The summed E-state index contributed by atoms with van der Waals surface area (Å²) in [6, 6.07) is 4.31. The predicted octanol–water partition coefficient (Wildman–Crippen LogP) is 1.44. The minimum atomic E-state index is 0.828. The second-order valence-electron chi connectivity index (χ2n) is 5.19. The molecule has 3 rings (SSSR count). The average Bonchev–Trinajstić information content (AvgIpc) is 2.29. The monoisotopic (exact) mass is 217 g/mol. The minimum Gasteiger partial charge on any atom is -0.370 e. The fraction of sp³-hybridized carbons (Fsp3) is 0.615. The van der Waals surface area contributed by atoms with Crippen LogP contribution >= 0.6 is 0 Å². The van der Waals surface area contributed by atoms with E-state index in [-0.39, 0.29) is 0 Å². The third-order valence-corrected chi connectivity index (χ3v) is 3.75. The lowest BCUT2D eigenvalue weighted by atomic mass is 9.86. The molecule has 0 aromatic carbocycles. The van der Waals surface area contributed by atoms with Gasteiger partial charge in [0, 0.05) is 18.8 Å². The van der Waals surface area contributed by atoms with Gasteiger partial charge in [-0.15, -0.1) is 0 Å². The van der Waals surface area contributed by atoms with Crippen LogP contribution in [0.5, 0.6) is 0 Å². The van der Waals surface area contributed by atoms with Crippen molar-refractivity contribution < 1.29 is 0 Å². The summed E-state index contributed by atoms with van der Waals surface area (Å²) in [6.45, 7) is 6.79. The molecule has 86 valence electrons. The Morgan fingerprint density at radius 2 is 2.00 bits per heavy atom. The lowest BCUT2D eigenvalue weighted by Crippen LogP contribution is -2.51. The Kier molecular flexibility index (Phi) is 2.56. The molecule has 0 aliphatic carbocycles. The zero-order valence-electron chi connectivity index (χ0n) is 9.82. The largest absolute Gasteiger partial charge is 0.370 e. The summed E-state index contributed by atoms with van der Waals surface area (Å²) in [4.78, 5) is 6.90. The van der Waals surface area contributed by atoms with Crippen LogP contribution in [0.1, 0.15) is 12.1 Å². The average molecular weight is 217 g/mol. The number of nitrogens with zero attached hydrogens (tertiary/aromatic N) is 2. The Labute approximate surface area is 96.9 Å². The van der Waals surface area contributed by atoms with Gasteiger partial charge >= 0.3 is 0 Å². The molecule has 2 saturated heterocycles. The molecule has 1 N–H and O–H groups in total. The number of rotatable bonds is 1. The van der Waals surface area contributed by atoms with Crippen molar-refractivity contribution in [3.8, 4) is 0 Å². The number of fused-ring (bicyclic) bond motifs is 2. The fourth-order valence-electron chi connectivity index (χ4n) is 2.96. The van der Waals surface area contributed by atoms with Crippen LogP contribution < -0.4 is 10.2 Å². The molecule has 1 aromatic rings. The fourth-order valence-corrected chi connectivity index (χ4v) is 2.96. The Morgan fingerprint density at radius 3 is 2.62 bits per heavy atom. The molecule has 0 amide bonds. The standard InChI is InChI=1S/C13H19N3/c1-10-2-3-13(7-15-10)16-8-11-4-12(9-16)6-14-5-11/h2-3,7,11-12,14H,4-6,8-9H2,1H3. The van der Waals surface area contributed by atoms with Gasteiger partial charge in [-0.1, -0.05) is 0 Å². The van der Waals surface area contributed by atoms with Crippen LogP contribution in [0, 0.1) is 18.8 Å². The summed E-state index contributed by atoms with van der Waals surface area (Å²) in [6.07, 6.45) is 3.42. The maximum Gasteiger partial charge on any atom is 0.0553 e. The lowest BCUT2D eigenvalue weighted by molar-refractivity contribution is 0.249. The van der Waals surface area contributed by atoms with Gasteiger partial charge in [-0.3, -0.25) is 4.98 Å². The number of pyridine rings is 1. The van der Waals surface area contributed by atoms with Crippen molar-refractivity contribution in [3.63, 3.8) is 0 Å². The van der Waals surface area contributed by atoms with Crippen LogP contribution in [0.2, 0.25) is 0 Å². The van der Waals surface area contributed by atoms with Crippen LogP contribution in [0.4, 0.5) is 5.69 Å². The number of aryl methyl sites for hydroxylation is 1. The normalized spacial score (nSPS) is 29.2. The van der Waals surface area contributed by atoms with E-state index in [1.807, 2.05) is 13.1 Å². The van der Waals surface area contributed by atoms with Crippen molar-refractivity contribution >= 4 is 5.69 Å². The molecule has 3 heteroatoms. The lowest BCUT2D eigenvalue weighted by Gasteiger charge is -2.42. The Hall–Kier alpha value is -1.09. The van der Waals surface area contributed by atoms with E-state index < -0.39 is 0 Å². The summed E-state index contributed by atoms with van der Waals surface area (Å²) in [5.41, 5.74) is 2.39. The molecule has 2 fully saturated rings. The van der Waals surface area contributed by atoms with Gasteiger partial charge < -0.3 is 10.2 Å². The topological polar surface area (TPSA) is 28.2 Å². The molecule has 16 heavy (non-hydrogen) atoms. The number of piperidine rings is 2. The maximum atomic E-state index is 4.39. The number of hydrogen-bond acceptors (Lipinski definition) is 3. The van der Waals surface area contributed by atoms with Crippen molar-refractivity contribution in [1.29, 1.82) is 0 Å². The second-order valence-corrected chi connectivity index (χ2v) is 5.19. The molecule has 2 unspecified atom stereocenters. The Bertz CT molecular complexity index is 348. The van der Waals surface area contributed by atoms with Crippen molar-refractivity contribution in [2.24, 2.45) is 11.8 Å². The van der Waals surface area contributed by atoms with Gasteiger partial charge in [0.15, 0.2) is 0 Å². The first-order valence-electron chi connectivity index (χ1n) is 6.19.